The zero-order valence-electron chi connectivity index (χ0n) is 7.75. The zero-order valence-corrected chi connectivity index (χ0v) is 7.75. The van der Waals surface area contributed by atoms with Crippen LogP contribution >= 0.6 is 0 Å². The molecule has 1 aliphatic rings. The van der Waals surface area contributed by atoms with Crippen molar-refractivity contribution in [1.29, 1.82) is 0 Å². The van der Waals surface area contributed by atoms with Crippen molar-refractivity contribution in [2.75, 3.05) is 0 Å². The maximum Gasteiger partial charge on any atom is 0.130 e. The number of ketones is 1. The summed E-state index contributed by atoms with van der Waals surface area (Å²) in [6, 6.07) is 0. The van der Waals surface area contributed by atoms with E-state index in [1.165, 1.54) is 12.8 Å². The van der Waals surface area contributed by atoms with Crippen LogP contribution in [0.4, 0.5) is 0 Å². The summed E-state index contributed by atoms with van der Waals surface area (Å²) in [5.41, 5.74) is 0. The Bertz CT molecular complexity index is 154. The first-order valence-electron chi connectivity index (χ1n) is 4.87. The van der Waals surface area contributed by atoms with Crippen LogP contribution in [-0.2, 0) is 4.79 Å². The Labute approximate surface area is 74.0 Å². The van der Waals surface area contributed by atoms with E-state index in [0.29, 0.717) is 6.42 Å². The van der Waals surface area contributed by atoms with Gasteiger partial charge in [-0.3, -0.25) is 0 Å². The van der Waals surface area contributed by atoms with Gasteiger partial charge in [0.1, 0.15) is 5.78 Å². The largest absolute Gasteiger partial charge is 0.393 e. The van der Waals surface area contributed by atoms with E-state index in [-0.39, 0.29) is 17.8 Å². The van der Waals surface area contributed by atoms with Crippen LogP contribution in [0.1, 0.15) is 45.4 Å². The lowest BCUT2D eigenvalue weighted by Gasteiger charge is -2.18. The van der Waals surface area contributed by atoms with Crippen molar-refractivity contribution < 1.29 is 9.90 Å². The number of Topliss-reactive ketones (excluding diaryl/α,β-unsaturated/α-hetero) is 1. The van der Waals surface area contributed by atoms with Gasteiger partial charge in [0.05, 0.1) is 6.10 Å². The molecule has 0 radical (unpaired) electrons. The molecule has 0 aromatic heterocycles. The standard InChI is InChI=1S/C10H18O2/c1-8(11)7-9-5-3-2-4-6-10(9)12/h9-10,12H,2-7H2,1H3. The van der Waals surface area contributed by atoms with Crippen molar-refractivity contribution in [3.63, 3.8) is 0 Å². The van der Waals surface area contributed by atoms with Crippen molar-refractivity contribution in [3.8, 4) is 0 Å². The number of aliphatic hydroxyl groups is 1. The number of hydrogen-bond donors (Lipinski definition) is 1. The number of rotatable bonds is 2. The number of carbonyl (C=O) groups is 1. The minimum atomic E-state index is -0.226. The predicted octanol–water partition coefficient (Wildman–Crippen LogP) is 1.91. The van der Waals surface area contributed by atoms with Gasteiger partial charge in [-0.2, -0.15) is 0 Å². The molecule has 0 aromatic carbocycles. The minimum Gasteiger partial charge on any atom is -0.393 e. The van der Waals surface area contributed by atoms with Crippen LogP contribution in [0.15, 0.2) is 0 Å². The van der Waals surface area contributed by atoms with E-state index in [1.807, 2.05) is 0 Å². The molecule has 1 N–H and O–H groups in total. The molecule has 2 nitrogen and oxygen atoms in total. The van der Waals surface area contributed by atoms with Crippen LogP contribution in [0.5, 0.6) is 0 Å². The smallest absolute Gasteiger partial charge is 0.130 e. The molecule has 0 saturated heterocycles. The first-order chi connectivity index (χ1) is 5.70. The van der Waals surface area contributed by atoms with Gasteiger partial charge in [0, 0.05) is 6.42 Å². The van der Waals surface area contributed by atoms with Gasteiger partial charge >= 0.3 is 0 Å². The fraction of sp³-hybridized carbons (Fsp3) is 0.900. The third kappa shape index (κ3) is 2.94. The Morgan fingerprint density at radius 3 is 2.67 bits per heavy atom. The monoisotopic (exact) mass is 170 g/mol. The Kier molecular flexibility index (Phi) is 3.73. The van der Waals surface area contributed by atoms with E-state index in [2.05, 4.69) is 0 Å². The lowest BCUT2D eigenvalue weighted by Crippen LogP contribution is -2.20. The first kappa shape index (κ1) is 9.72. The van der Waals surface area contributed by atoms with Crippen LogP contribution in [-0.4, -0.2) is 17.0 Å². The number of hydrogen-bond acceptors (Lipinski definition) is 2. The average molecular weight is 170 g/mol. The summed E-state index contributed by atoms with van der Waals surface area (Å²) in [5, 5.41) is 9.65. The van der Waals surface area contributed by atoms with E-state index in [0.717, 1.165) is 19.3 Å². The summed E-state index contributed by atoms with van der Waals surface area (Å²) in [6.07, 6.45) is 5.77. The van der Waals surface area contributed by atoms with Gasteiger partial charge in [0.15, 0.2) is 0 Å². The van der Waals surface area contributed by atoms with E-state index in [4.69, 9.17) is 0 Å². The second-order valence-corrected chi connectivity index (χ2v) is 3.87. The molecule has 0 heterocycles. The summed E-state index contributed by atoms with van der Waals surface area (Å²) in [4.78, 5) is 10.9. The van der Waals surface area contributed by atoms with Gasteiger partial charge in [0.2, 0.25) is 0 Å². The highest BCUT2D eigenvalue weighted by atomic mass is 16.3. The molecule has 2 heteroatoms. The van der Waals surface area contributed by atoms with Gasteiger partial charge in [-0.05, 0) is 25.7 Å². The maximum absolute atomic E-state index is 10.9. The molecule has 0 amide bonds. The van der Waals surface area contributed by atoms with Gasteiger partial charge in [0.25, 0.3) is 0 Å². The van der Waals surface area contributed by atoms with Crippen molar-refractivity contribution in [3.05, 3.63) is 0 Å². The lowest BCUT2D eigenvalue weighted by molar-refractivity contribution is -0.118. The maximum atomic E-state index is 10.9. The zero-order chi connectivity index (χ0) is 8.97. The summed E-state index contributed by atoms with van der Waals surface area (Å²) in [6.45, 7) is 1.61. The second-order valence-electron chi connectivity index (χ2n) is 3.87. The highest BCUT2D eigenvalue weighted by molar-refractivity contribution is 5.75. The van der Waals surface area contributed by atoms with E-state index < -0.39 is 0 Å². The molecule has 0 aromatic rings. The Hall–Kier alpha value is -0.370. The fourth-order valence-electron chi connectivity index (χ4n) is 1.97. The summed E-state index contributed by atoms with van der Waals surface area (Å²) >= 11 is 0. The highest BCUT2D eigenvalue weighted by Crippen LogP contribution is 2.25. The first-order valence-corrected chi connectivity index (χ1v) is 4.87. The number of carbonyl (C=O) groups excluding carboxylic acids is 1. The summed E-state index contributed by atoms with van der Waals surface area (Å²) in [7, 11) is 0. The minimum absolute atomic E-state index is 0.209. The number of aliphatic hydroxyl groups excluding tert-OH is 1. The van der Waals surface area contributed by atoms with Crippen molar-refractivity contribution in [2.45, 2.75) is 51.6 Å². The molecule has 2 atom stereocenters. The summed E-state index contributed by atoms with van der Waals surface area (Å²) < 4.78 is 0. The molecule has 12 heavy (non-hydrogen) atoms. The predicted molar refractivity (Wildman–Crippen MR) is 47.9 cm³/mol. The molecule has 1 aliphatic carbocycles. The molecule has 0 bridgehead atoms. The second kappa shape index (κ2) is 4.61. The van der Waals surface area contributed by atoms with Crippen LogP contribution in [0.25, 0.3) is 0 Å². The third-order valence-electron chi connectivity index (χ3n) is 2.67. The van der Waals surface area contributed by atoms with E-state index >= 15 is 0 Å². The molecule has 0 aliphatic heterocycles. The Balaban J connectivity index is 2.41. The van der Waals surface area contributed by atoms with Crippen LogP contribution in [0.2, 0.25) is 0 Å². The lowest BCUT2D eigenvalue weighted by atomic mass is 9.92. The van der Waals surface area contributed by atoms with Crippen LogP contribution in [0.3, 0.4) is 0 Å². The summed E-state index contributed by atoms with van der Waals surface area (Å²) in [5.74, 6) is 0.450. The van der Waals surface area contributed by atoms with Gasteiger partial charge < -0.3 is 9.90 Å². The molecule has 0 spiro atoms. The Morgan fingerprint density at radius 2 is 2.00 bits per heavy atom. The SMILES string of the molecule is CC(=O)CC1CCCCCC1O. The van der Waals surface area contributed by atoms with Gasteiger partial charge in [-0.1, -0.05) is 19.3 Å². The third-order valence-corrected chi connectivity index (χ3v) is 2.67. The molecular weight excluding hydrogens is 152 g/mol. The normalized spacial score (nSPS) is 31.2. The molecule has 1 saturated carbocycles. The molecule has 1 fully saturated rings. The van der Waals surface area contributed by atoms with E-state index in [9.17, 15) is 9.90 Å². The molecular formula is C10H18O2. The van der Waals surface area contributed by atoms with Crippen molar-refractivity contribution >= 4 is 5.78 Å². The van der Waals surface area contributed by atoms with Gasteiger partial charge in [-0.25, -0.2) is 0 Å². The quantitative estimate of drug-likeness (QED) is 0.643. The topological polar surface area (TPSA) is 37.3 Å². The molecule has 70 valence electrons. The van der Waals surface area contributed by atoms with Crippen LogP contribution in [0, 0.1) is 5.92 Å². The van der Waals surface area contributed by atoms with Crippen molar-refractivity contribution in [2.24, 2.45) is 5.92 Å². The molecule has 2 unspecified atom stereocenters. The molecule has 1 rings (SSSR count). The van der Waals surface area contributed by atoms with Crippen LogP contribution < -0.4 is 0 Å². The Morgan fingerprint density at radius 1 is 1.33 bits per heavy atom. The van der Waals surface area contributed by atoms with Gasteiger partial charge in [-0.15, -0.1) is 0 Å². The fourth-order valence-corrected chi connectivity index (χ4v) is 1.97. The highest BCUT2D eigenvalue weighted by Gasteiger charge is 2.22. The van der Waals surface area contributed by atoms with Crippen molar-refractivity contribution in [1.82, 2.24) is 0 Å². The average Bonchev–Trinajstić information content (AvgIpc) is 2.16. The van der Waals surface area contributed by atoms with E-state index in [1.54, 1.807) is 6.92 Å².